The van der Waals surface area contributed by atoms with Crippen molar-refractivity contribution in [2.75, 3.05) is 7.11 Å². The number of hydrogen-bond donors (Lipinski definition) is 3. The van der Waals surface area contributed by atoms with Crippen molar-refractivity contribution in [2.24, 2.45) is 0 Å². The second-order valence-corrected chi connectivity index (χ2v) is 1.44. The van der Waals surface area contributed by atoms with Crippen LogP contribution in [0.2, 0.25) is 0 Å². The largest absolute Gasteiger partial charge is 0.483 e. The second kappa shape index (κ2) is 22.4. The lowest BCUT2D eigenvalue weighted by molar-refractivity contribution is -0.214. The Morgan fingerprint density at radius 2 is 1.15 bits per heavy atom. The minimum Gasteiger partial charge on any atom is -0.483 e. The van der Waals surface area contributed by atoms with Crippen LogP contribution in [-0.2, 0) is 9.68 Å². The molecular formula is C8H15NO4. The highest BCUT2D eigenvalue weighted by atomic mass is 17.1. The molecule has 5 nitrogen and oxygen atoms in total. The number of rotatable bonds is 0. The van der Waals surface area contributed by atoms with Crippen molar-refractivity contribution in [1.29, 1.82) is 0 Å². The van der Waals surface area contributed by atoms with Gasteiger partial charge in [-0.2, -0.15) is 0 Å². The fourth-order valence-corrected chi connectivity index (χ4v) is 0.385. The Morgan fingerprint density at radius 1 is 1.08 bits per heavy atom. The van der Waals surface area contributed by atoms with Gasteiger partial charge in [0, 0.05) is 0 Å². The first-order valence-corrected chi connectivity index (χ1v) is 3.08. The monoisotopic (exact) mass is 189 g/mol. The minimum absolute atomic E-state index is 0. The highest BCUT2D eigenvalue weighted by Crippen LogP contribution is 1.79. The molecule has 0 atom stereocenters. The van der Waals surface area contributed by atoms with E-state index >= 15 is 0 Å². The van der Waals surface area contributed by atoms with Gasteiger partial charge >= 0.3 is 0 Å². The molecule has 0 unspecified atom stereocenters. The van der Waals surface area contributed by atoms with E-state index in [1.165, 1.54) is 7.11 Å². The molecule has 1 aromatic carbocycles. The van der Waals surface area contributed by atoms with E-state index < -0.39 is 0 Å². The van der Waals surface area contributed by atoms with Crippen LogP contribution in [0.15, 0.2) is 36.4 Å². The highest BCUT2D eigenvalue weighted by molar-refractivity contribution is 5.32. The minimum atomic E-state index is -0.250. The normalized spacial score (nSPS) is 6.00. The maximum Gasteiger partial charge on any atom is 0.290 e. The molecule has 1 rings (SSSR count). The number of carbonyl (C=O) groups is 1. The van der Waals surface area contributed by atoms with E-state index in [4.69, 9.17) is 15.2 Å². The Hall–Kier alpha value is -1.43. The van der Waals surface area contributed by atoms with Crippen LogP contribution in [0.5, 0.6) is 0 Å². The van der Waals surface area contributed by atoms with Gasteiger partial charge in [0.15, 0.2) is 0 Å². The third kappa shape index (κ3) is 37.2. The Labute approximate surface area is 77.1 Å². The summed E-state index contributed by atoms with van der Waals surface area (Å²) in [6.07, 6.45) is 0. The lowest BCUT2D eigenvalue weighted by Crippen LogP contribution is -1.57. The molecule has 76 valence electrons. The van der Waals surface area contributed by atoms with Gasteiger partial charge in [0.1, 0.15) is 0 Å². The summed E-state index contributed by atoms with van der Waals surface area (Å²) >= 11 is 0. The molecule has 13 heavy (non-hydrogen) atoms. The lowest BCUT2D eigenvalue weighted by Gasteiger charge is -1.69. The molecule has 0 saturated carbocycles. The Bertz CT molecular complexity index is 131. The Kier molecular flexibility index (Phi) is 30.4. The van der Waals surface area contributed by atoms with Crippen LogP contribution < -0.4 is 6.15 Å². The molecule has 0 bridgehead atoms. The summed E-state index contributed by atoms with van der Waals surface area (Å²) in [5.74, 6) is 0. The molecule has 0 heterocycles. The van der Waals surface area contributed by atoms with Crippen molar-refractivity contribution in [3.63, 3.8) is 0 Å². The lowest BCUT2D eigenvalue weighted by atomic mass is 10.4. The molecule has 0 amide bonds. The quantitative estimate of drug-likeness (QED) is 0.327. The molecule has 0 spiro atoms. The first-order chi connectivity index (χ1) is 5.83. The van der Waals surface area contributed by atoms with Crippen LogP contribution in [0.3, 0.4) is 0 Å². The summed E-state index contributed by atoms with van der Waals surface area (Å²) in [5.41, 5.74) is 0. The zero-order valence-corrected chi connectivity index (χ0v) is 7.46. The van der Waals surface area contributed by atoms with Crippen LogP contribution in [0.25, 0.3) is 0 Å². The van der Waals surface area contributed by atoms with E-state index in [2.05, 4.69) is 4.89 Å². The zero-order valence-electron chi connectivity index (χ0n) is 7.46. The van der Waals surface area contributed by atoms with Crippen LogP contribution in [-0.4, -0.2) is 23.9 Å². The molecule has 0 aliphatic carbocycles. The van der Waals surface area contributed by atoms with Gasteiger partial charge in [-0.3, -0.25) is 10.1 Å². The Balaban J connectivity index is -0.000000126. The average molecular weight is 189 g/mol. The van der Waals surface area contributed by atoms with Gasteiger partial charge in [-0.25, -0.2) is 4.89 Å². The van der Waals surface area contributed by atoms with E-state index in [1.54, 1.807) is 0 Å². The smallest absolute Gasteiger partial charge is 0.290 e. The predicted octanol–water partition coefficient (Wildman–Crippen LogP) is 1.66. The first kappa shape index (κ1) is 17.6. The van der Waals surface area contributed by atoms with Crippen LogP contribution in [0.4, 0.5) is 0 Å². The SMILES string of the molecule is COO.N.O=CO.c1ccccc1. The van der Waals surface area contributed by atoms with E-state index in [0.717, 1.165) is 0 Å². The topological polar surface area (TPSA) is 102 Å². The van der Waals surface area contributed by atoms with Crippen molar-refractivity contribution < 1.29 is 20.0 Å². The van der Waals surface area contributed by atoms with Crippen molar-refractivity contribution in [1.82, 2.24) is 6.15 Å². The van der Waals surface area contributed by atoms with Gasteiger partial charge in [-0.15, -0.1) is 0 Å². The molecule has 0 radical (unpaired) electrons. The summed E-state index contributed by atoms with van der Waals surface area (Å²) in [6.45, 7) is -0.250. The third-order valence-corrected chi connectivity index (χ3v) is 0.667. The predicted molar refractivity (Wildman–Crippen MR) is 49.8 cm³/mol. The molecule has 0 aromatic heterocycles. The summed E-state index contributed by atoms with van der Waals surface area (Å²) in [7, 11) is 1.18. The molecule has 0 aliphatic rings. The first-order valence-electron chi connectivity index (χ1n) is 3.08. The fourth-order valence-electron chi connectivity index (χ4n) is 0.385. The Morgan fingerprint density at radius 3 is 1.23 bits per heavy atom. The summed E-state index contributed by atoms with van der Waals surface area (Å²) in [4.78, 5) is 11.6. The standard InChI is InChI=1S/C6H6.CH4O2.CH2O2.H3N/c1-2-4-6-5-3-1;1-3-2;2-1-3;/h1-6H;2H,1H3;1H,(H,2,3);1H3. The van der Waals surface area contributed by atoms with E-state index in [-0.39, 0.29) is 12.6 Å². The summed E-state index contributed by atoms with van der Waals surface area (Å²) < 4.78 is 0. The number of benzene rings is 1. The molecular weight excluding hydrogens is 174 g/mol. The number of carboxylic acid groups (broad SMARTS) is 1. The van der Waals surface area contributed by atoms with Gasteiger partial charge in [-0.1, -0.05) is 36.4 Å². The molecule has 5 heteroatoms. The maximum atomic E-state index is 8.36. The van der Waals surface area contributed by atoms with Crippen molar-refractivity contribution >= 4 is 6.47 Å². The van der Waals surface area contributed by atoms with Gasteiger partial charge in [0.2, 0.25) is 0 Å². The van der Waals surface area contributed by atoms with Crippen LogP contribution in [0.1, 0.15) is 0 Å². The third-order valence-electron chi connectivity index (χ3n) is 0.667. The average Bonchev–Trinajstić information content (AvgIpc) is 2.10. The summed E-state index contributed by atoms with van der Waals surface area (Å²) in [5, 5.41) is 14.0. The molecule has 0 aliphatic heterocycles. The van der Waals surface area contributed by atoms with Gasteiger partial charge in [0.25, 0.3) is 6.47 Å². The molecule has 1 aromatic rings. The van der Waals surface area contributed by atoms with E-state index in [1.807, 2.05) is 36.4 Å². The summed E-state index contributed by atoms with van der Waals surface area (Å²) in [6, 6.07) is 12.0. The van der Waals surface area contributed by atoms with Crippen molar-refractivity contribution in [2.45, 2.75) is 0 Å². The molecule has 0 fully saturated rings. The van der Waals surface area contributed by atoms with Crippen LogP contribution in [0, 0.1) is 0 Å². The van der Waals surface area contributed by atoms with Crippen molar-refractivity contribution in [3.05, 3.63) is 36.4 Å². The van der Waals surface area contributed by atoms with Gasteiger partial charge in [0.05, 0.1) is 7.11 Å². The molecule has 5 N–H and O–H groups in total. The molecule has 0 saturated heterocycles. The fraction of sp³-hybridized carbons (Fsp3) is 0.125. The second-order valence-electron chi connectivity index (χ2n) is 1.44. The van der Waals surface area contributed by atoms with Crippen LogP contribution >= 0.6 is 0 Å². The van der Waals surface area contributed by atoms with Gasteiger partial charge < -0.3 is 11.3 Å². The zero-order chi connectivity index (χ0) is 9.66. The maximum absolute atomic E-state index is 8.36. The van der Waals surface area contributed by atoms with Gasteiger partial charge in [-0.05, 0) is 0 Å². The van der Waals surface area contributed by atoms with E-state index in [9.17, 15) is 0 Å². The van der Waals surface area contributed by atoms with E-state index in [0.29, 0.717) is 0 Å². The highest BCUT2D eigenvalue weighted by Gasteiger charge is 1.57. The van der Waals surface area contributed by atoms with Crippen molar-refractivity contribution in [3.8, 4) is 0 Å². The number of hydrogen-bond acceptors (Lipinski definition) is 4.